The summed E-state index contributed by atoms with van der Waals surface area (Å²) < 4.78 is 39.0. The van der Waals surface area contributed by atoms with E-state index in [0.717, 1.165) is 12.8 Å². The molecule has 1 saturated heterocycles. The first kappa shape index (κ1) is 23.8. The molecule has 182 valence electrons. The second-order valence-corrected chi connectivity index (χ2v) is 10.0. The van der Waals surface area contributed by atoms with E-state index < -0.39 is 22.0 Å². The number of nitrogens with zero attached hydrogens (tertiary/aromatic N) is 2. The molecule has 11 heteroatoms. The molecule has 10 nitrogen and oxygen atoms in total. The molecule has 0 saturated carbocycles. The van der Waals surface area contributed by atoms with Gasteiger partial charge < -0.3 is 25.4 Å². The van der Waals surface area contributed by atoms with Crippen molar-refractivity contribution in [1.29, 1.82) is 0 Å². The summed E-state index contributed by atoms with van der Waals surface area (Å²) in [7, 11) is -3.76. The van der Waals surface area contributed by atoms with Crippen LogP contribution in [-0.4, -0.2) is 63.4 Å². The normalized spacial score (nSPS) is 18.1. The van der Waals surface area contributed by atoms with E-state index in [1.165, 1.54) is 10.4 Å². The highest BCUT2D eigenvalue weighted by Gasteiger charge is 2.32. The number of primary amides is 1. The van der Waals surface area contributed by atoms with Crippen LogP contribution in [0.2, 0.25) is 0 Å². The van der Waals surface area contributed by atoms with Crippen molar-refractivity contribution in [2.75, 3.05) is 43.0 Å². The number of fused-ring (bicyclic) bond motifs is 1. The summed E-state index contributed by atoms with van der Waals surface area (Å²) in [5.41, 5.74) is 6.42. The molecule has 34 heavy (non-hydrogen) atoms. The third kappa shape index (κ3) is 4.95. The van der Waals surface area contributed by atoms with Crippen LogP contribution in [0.4, 0.5) is 11.4 Å². The highest BCUT2D eigenvalue weighted by molar-refractivity contribution is 7.89. The van der Waals surface area contributed by atoms with E-state index >= 15 is 0 Å². The first-order chi connectivity index (χ1) is 16.3. The van der Waals surface area contributed by atoms with Gasteiger partial charge in [0.2, 0.25) is 15.9 Å². The number of ether oxygens (including phenoxy) is 2. The Labute approximate surface area is 198 Å². The molecule has 2 amide bonds. The second-order valence-electron chi connectivity index (χ2n) is 8.11. The number of carbonyl (C=O) groups excluding carboxylic acids is 2. The van der Waals surface area contributed by atoms with Gasteiger partial charge in [-0.15, -0.1) is 0 Å². The van der Waals surface area contributed by atoms with Gasteiger partial charge in [0, 0.05) is 18.8 Å². The molecule has 1 atom stereocenters. The Morgan fingerprint density at radius 3 is 2.62 bits per heavy atom. The monoisotopic (exact) mass is 488 g/mol. The van der Waals surface area contributed by atoms with E-state index in [4.69, 9.17) is 15.2 Å². The number of nitrogens with one attached hydrogen (secondary N) is 1. The van der Waals surface area contributed by atoms with E-state index in [2.05, 4.69) is 5.32 Å². The fraction of sp³-hybridized carbons (Fsp3) is 0.391. The number of nitrogens with two attached hydrogens (primary N) is 1. The average Bonchev–Trinajstić information content (AvgIpc) is 3.36. The lowest BCUT2D eigenvalue weighted by molar-refractivity contribution is -0.125. The number of amides is 2. The minimum Gasteiger partial charge on any atom is -0.492 e. The van der Waals surface area contributed by atoms with Crippen molar-refractivity contribution in [2.45, 2.75) is 30.8 Å². The Hall–Kier alpha value is -3.31. The largest absolute Gasteiger partial charge is 0.492 e. The van der Waals surface area contributed by atoms with Gasteiger partial charge in [0.05, 0.1) is 25.4 Å². The average molecular weight is 489 g/mol. The highest BCUT2D eigenvalue weighted by atomic mass is 32.2. The number of carbonyl (C=O) groups is 2. The van der Waals surface area contributed by atoms with Crippen molar-refractivity contribution in [2.24, 2.45) is 5.73 Å². The molecule has 0 bridgehead atoms. The fourth-order valence-corrected chi connectivity index (χ4v) is 5.78. The predicted octanol–water partition coefficient (Wildman–Crippen LogP) is 1.56. The molecule has 2 aromatic carbocycles. The molecule has 2 aromatic rings. The van der Waals surface area contributed by atoms with Gasteiger partial charge in [-0.25, -0.2) is 8.42 Å². The summed E-state index contributed by atoms with van der Waals surface area (Å²) in [6, 6.07) is 11.6. The van der Waals surface area contributed by atoms with Crippen LogP contribution in [-0.2, 0) is 19.6 Å². The zero-order valence-electron chi connectivity index (χ0n) is 18.9. The molecule has 2 aliphatic rings. The molecule has 0 spiro atoms. The smallest absolute Gasteiger partial charge is 0.260 e. The minimum absolute atomic E-state index is 0.0274. The van der Waals surface area contributed by atoms with Gasteiger partial charge in [-0.2, -0.15) is 4.31 Å². The first-order valence-corrected chi connectivity index (χ1v) is 12.6. The summed E-state index contributed by atoms with van der Waals surface area (Å²) in [5, 5.41) is 2.76. The minimum atomic E-state index is -3.76. The van der Waals surface area contributed by atoms with Crippen molar-refractivity contribution >= 4 is 33.2 Å². The Morgan fingerprint density at radius 2 is 1.91 bits per heavy atom. The molecule has 3 N–H and O–H groups in total. The van der Waals surface area contributed by atoms with E-state index in [-0.39, 0.29) is 29.6 Å². The third-order valence-corrected chi connectivity index (χ3v) is 7.64. The topological polar surface area (TPSA) is 131 Å². The van der Waals surface area contributed by atoms with Crippen LogP contribution in [0.15, 0.2) is 47.4 Å². The number of hydrogen-bond donors (Lipinski definition) is 2. The summed E-state index contributed by atoms with van der Waals surface area (Å²) in [6.45, 7) is 3.06. The van der Waals surface area contributed by atoms with Crippen molar-refractivity contribution in [1.82, 2.24) is 4.31 Å². The predicted molar refractivity (Wildman–Crippen MR) is 126 cm³/mol. The van der Waals surface area contributed by atoms with Crippen LogP contribution >= 0.6 is 0 Å². The Balaban J connectivity index is 1.55. The molecule has 0 aliphatic carbocycles. The standard InChI is InChI=1S/C23H28N4O6S/c1-2-32-19-10-9-16(13-21(19)34(30,31)27-11-5-6-12-27)25-22(28)15-26-14-20(23(24)29)33-18-8-4-3-7-17(18)26/h3-4,7-10,13,20H,2,5-6,11-12,14-15H2,1H3,(H2,24,29)(H,25,28)/t20-/m1/s1. The van der Waals surface area contributed by atoms with E-state index in [1.54, 1.807) is 48.2 Å². The van der Waals surface area contributed by atoms with Gasteiger partial charge in [0.15, 0.2) is 6.10 Å². The number of rotatable bonds is 8. The lowest BCUT2D eigenvalue weighted by atomic mass is 10.1. The lowest BCUT2D eigenvalue weighted by Crippen LogP contribution is -2.49. The second kappa shape index (κ2) is 9.90. The van der Waals surface area contributed by atoms with Gasteiger partial charge in [0.1, 0.15) is 16.4 Å². The molecule has 2 aliphatic heterocycles. The molecule has 1 fully saturated rings. The zero-order valence-corrected chi connectivity index (χ0v) is 19.7. The van der Waals surface area contributed by atoms with Crippen molar-refractivity contribution in [3.63, 3.8) is 0 Å². The van der Waals surface area contributed by atoms with E-state index in [0.29, 0.717) is 36.8 Å². The number of anilines is 2. The molecular weight excluding hydrogens is 460 g/mol. The molecule has 2 heterocycles. The van der Waals surface area contributed by atoms with Crippen molar-refractivity contribution < 1.29 is 27.5 Å². The Bertz CT molecular complexity index is 1180. The van der Waals surface area contributed by atoms with Crippen molar-refractivity contribution in [3.8, 4) is 11.5 Å². The van der Waals surface area contributed by atoms with Gasteiger partial charge in [-0.05, 0) is 50.1 Å². The number of hydrogen-bond acceptors (Lipinski definition) is 7. The van der Waals surface area contributed by atoms with Crippen LogP contribution in [0, 0.1) is 0 Å². The molecule has 0 unspecified atom stereocenters. The maximum atomic E-state index is 13.2. The quantitative estimate of drug-likeness (QED) is 0.576. The maximum Gasteiger partial charge on any atom is 0.260 e. The van der Waals surface area contributed by atoms with Crippen LogP contribution in [0.25, 0.3) is 0 Å². The molecule has 0 aromatic heterocycles. The fourth-order valence-electron chi connectivity index (χ4n) is 4.11. The molecule has 4 rings (SSSR count). The summed E-state index contributed by atoms with van der Waals surface area (Å²) >= 11 is 0. The van der Waals surface area contributed by atoms with Gasteiger partial charge in [-0.3, -0.25) is 9.59 Å². The van der Waals surface area contributed by atoms with Crippen LogP contribution in [0.3, 0.4) is 0 Å². The Morgan fingerprint density at radius 1 is 1.18 bits per heavy atom. The molecular formula is C23H28N4O6S. The highest BCUT2D eigenvalue weighted by Crippen LogP contribution is 2.34. The van der Waals surface area contributed by atoms with Gasteiger partial charge in [-0.1, -0.05) is 12.1 Å². The lowest BCUT2D eigenvalue weighted by Gasteiger charge is -2.34. The van der Waals surface area contributed by atoms with Crippen molar-refractivity contribution in [3.05, 3.63) is 42.5 Å². The van der Waals surface area contributed by atoms with Crippen LogP contribution in [0.1, 0.15) is 19.8 Å². The summed E-state index contributed by atoms with van der Waals surface area (Å²) in [5.74, 6) is -0.291. The van der Waals surface area contributed by atoms with Crippen LogP contribution < -0.4 is 25.4 Å². The van der Waals surface area contributed by atoms with Crippen LogP contribution in [0.5, 0.6) is 11.5 Å². The summed E-state index contributed by atoms with van der Waals surface area (Å²) in [6.07, 6.45) is 0.741. The van der Waals surface area contributed by atoms with Gasteiger partial charge >= 0.3 is 0 Å². The molecule has 0 radical (unpaired) electrons. The third-order valence-electron chi connectivity index (χ3n) is 5.72. The number of para-hydroxylation sites is 2. The maximum absolute atomic E-state index is 13.2. The van der Waals surface area contributed by atoms with E-state index in [1.807, 2.05) is 0 Å². The van der Waals surface area contributed by atoms with E-state index in [9.17, 15) is 18.0 Å². The van der Waals surface area contributed by atoms with Gasteiger partial charge in [0.25, 0.3) is 5.91 Å². The number of sulfonamides is 1. The Kier molecular flexibility index (Phi) is 6.94. The summed E-state index contributed by atoms with van der Waals surface area (Å²) in [4.78, 5) is 26.3. The first-order valence-electron chi connectivity index (χ1n) is 11.2. The number of benzene rings is 2. The zero-order chi connectivity index (χ0) is 24.3. The SMILES string of the molecule is CCOc1ccc(NC(=O)CN2C[C@H](C(N)=O)Oc3ccccc32)cc1S(=O)(=O)N1CCCC1.